The van der Waals surface area contributed by atoms with Crippen molar-refractivity contribution in [3.63, 3.8) is 0 Å². The van der Waals surface area contributed by atoms with Crippen molar-refractivity contribution in [2.24, 2.45) is 10.7 Å². The van der Waals surface area contributed by atoms with Gasteiger partial charge in [0.15, 0.2) is 9.84 Å². The van der Waals surface area contributed by atoms with E-state index in [0.717, 1.165) is 16.6 Å². The van der Waals surface area contributed by atoms with Crippen molar-refractivity contribution in [3.05, 3.63) is 41.0 Å². The first-order valence-corrected chi connectivity index (χ1v) is 11.5. The van der Waals surface area contributed by atoms with Gasteiger partial charge in [-0.2, -0.15) is 0 Å². The molecule has 1 atom stereocenters. The number of fused-ring (bicyclic) bond motifs is 1. The third-order valence-electron chi connectivity index (χ3n) is 5.51. The number of nitrogens with two attached hydrogens (primary N) is 1. The monoisotopic (exact) mass is 435 g/mol. The number of hydrogen-bond donors (Lipinski definition) is 2. The van der Waals surface area contributed by atoms with Crippen molar-refractivity contribution in [1.29, 1.82) is 0 Å². The van der Waals surface area contributed by atoms with E-state index in [0.29, 0.717) is 10.6 Å². The molecule has 0 amide bonds. The summed E-state index contributed by atoms with van der Waals surface area (Å²) in [6.07, 6.45) is 0. The first kappa shape index (κ1) is 19.9. The molecule has 154 valence electrons. The van der Waals surface area contributed by atoms with E-state index in [9.17, 15) is 12.8 Å². The van der Waals surface area contributed by atoms with Gasteiger partial charge in [-0.05, 0) is 39.0 Å². The molecule has 1 aliphatic rings. The Labute approximate surface area is 172 Å². The number of nitrogens with zero attached hydrogens (tertiary/aromatic N) is 1. The standard InChI is InChI=1S/C20H22FN3O3S2/c1-19(2)18(22)24-20(3,10-29(19,25)26)17-12(21)9-15(28-17)13-8-11-6-5-7-14(27-4)16(11)23-13/h5-9,23H,10H2,1-4H3,(H2,22,24). The van der Waals surface area contributed by atoms with E-state index in [-0.39, 0.29) is 16.5 Å². The lowest BCUT2D eigenvalue weighted by atomic mass is 10.0. The third kappa shape index (κ3) is 2.95. The van der Waals surface area contributed by atoms with Crippen molar-refractivity contribution >= 4 is 37.9 Å². The minimum atomic E-state index is -3.61. The number of aliphatic imine (C=N–C) groups is 1. The molecule has 1 aromatic carbocycles. The van der Waals surface area contributed by atoms with Crippen molar-refractivity contribution in [3.8, 4) is 16.3 Å². The average molecular weight is 436 g/mol. The van der Waals surface area contributed by atoms with E-state index < -0.39 is 25.9 Å². The molecule has 0 saturated carbocycles. The molecule has 6 nitrogen and oxygen atoms in total. The van der Waals surface area contributed by atoms with Crippen LogP contribution in [-0.4, -0.2) is 36.8 Å². The largest absolute Gasteiger partial charge is 0.495 e. The van der Waals surface area contributed by atoms with Crippen molar-refractivity contribution in [1.82, 2.24) is 4.98 Å². The zero-order valence-corrected chi connectivity index (χ0v) is 18.2. The highest BCUT2D eigenvalue weighted by Crippen LogP contribution is 2.43. The van der Waals surface area contributed by atoms with Crippen LogP contribution >= 0.6 is 11.3 Å². The quantitative estimate of drug-likeness (QED) is 0.653. The lowest BCUT2D eigenvalue weighted by molar-refractivity contribution is 0.419. The number of aromatic nitrogens is 1. The van der Waals surface area contributed by atoms with Crippen LogP contribution in [-0.2, 0) is 15.4 Å². The summed E-state index contributed by atoms with van der Waals surface area (Å²) in [5.41, 5.74) is 6.25. The zero-order valence-electron chi connectivity index (χ0n) is 16.5. The van der Waals surface area contributed by atoms with E-state index >= 15 is 0 Å². The molecule has 0 bridgehead atoms. The van der Waals surface area contributed by atoms with Gasteiger partial charge in [-0.1, -0.05) is 12.1 Å². The van der Waals surface area contributed by atoms with Crippen LogP contribution in [0.4, 0.5) is 4.39 Å². The summed E-state index contributed by atoms with van der Waals surface area (Å²) in [5.74, 6) is -0.109. The highest BCUT2D eigenvalue weighted by molar-refractivity contribution is 7.93. The molecule has 29 heavy (non-hydrogen) atoms. The molecule has 1 unspecified atom stereocenters. The molecule has 0 spiro atoms. The molecule has 3 aromatic rings. The van der Waals surface area contributed by atoms with Gasteiger partial charge in [0, 0.05) is 5.39 Å². The number of thiophene rings is 1. The maximum Gasteiger partial charge on any atom is 0.165 e. The predicted octanol–water partition coefficient (Wildman–Crippen LogP) is 3.82. The molecule has 1 aliphatic heterocycles. The van der Waals surface area contributed by atoms with E-state index in [4.69, 9.17) is 10.5 Å². The second-order valence-electron chi connectivity index (χ2n) is 7.94. The van der Waals surface area contributed by atoms with Crippen molar-refractivity contribution in [2.45, 2.75) is 31.1 Å². The molecule has 0 saturated heterocycles. The molecule has 0 radical (unpaired) electrons. The number of benzene rings is 1. The Morgan fingerprint density at radius 1 is 1.28 bits per heavy atom. The molecular weight excluding hydrogens is 413 g/mol. The summed E-state index contributed by atoms with van der Waals surface area (Å²) in [5, 5.41) is 0.935. The normalized spacial score (nSPS) is 23.1. The fourth-order valence-corrected chi connectivity index (χ4v) is 6.42. The number of rotatable bonds is 3. The second-order valence-corrected chi connectivity index (χ2v) is 11.5. The van der Waals surface area contributed by atoms with Gasteiger partial charge in [-0.25, -0.2) is 12.8 Å². The van der Waals surface area contributed by atoms with Crippen molar-refractivity contribution in [2.75, 3.05) is 12.9 Å². The summed E-state index contributed by atoms with van der Waals surface area (Å²) in [4.78, 5) is 8.59. The minimum Gasteiger partial charge on any atom is -0.495 e. The van der Waals surface area contributed by atoms with E-state index in [1.54, 1.807) is 14.0 Å². The maximum atomic E-state index is 15.0. The Kier molecular flexibility index (Phi) is 4.33. The average Bonchev–Trinajstić information content (AvgIpc) is 3.23. The molecule has 0 aliphatic carbocycles. The Bertz CT molecular complexity index is 1260. The first-order valence-electron chi connectivity index (χ1n) is 9.02. The number of ether oxygens (including phenoxy) is 1. The molecule has 0 fully saturated rings. The van der Waals surface area contributed by atoms with Gasteiger partial charge in [0.25, 0.3) is 0 Å². The Balaban J connectivity index is 1.83. The van der Waals surface area contributed by atoms with Gasteiger partial charge in [0.2, 0.25) is 0 Å². The van der Waals surface area contributed by atoms with Gasteiger partial charge in [0.05, 0.1) is 33.8 Å². The number of nitrogens with one attached hydrogen (secondary N) is 1. The SMILES string of the molecule is COc1cccc2cc(-c3cc(F)c(C4(C)CS(=O)(=O)C(C)(C)C(N)=N4)s3)[nH]c12. The van der Waals surface area contributed by atoms with Crippen LogP contribution in [0.2, 0.25) is 0 Å². The van der Waals surface area contributed by atoms with Crippen LogP contribution in [0.5, 0.6) is 5.75 Å². The Morgan fingerprint density at radius 3 is 2.66 bits per heavy atom. The van der Waals surface area contributed by atoms with Crippen molar-refractivity contribution < 1.29 is 17.5 Å². The summed E-state index contributed by atoms with van der Waals surface area (Å²) in [6.45, 7) is 4.66. The number of H-pyrrole nitrogens is 1. The van der Waals surface area contributed by atoms with Crippen LogP contribution in [0.15, 0.2) is 35.3 Å². The number of halogens is 1. The summed E-state index contributed by atoms with van der Waals surface area (Å²) in [7, 11) is -2.02. The third-order valence-corrected chi connectivity index (χ3v) is 9.61. The molecule has 3 N–H and O–H groups in total. The van der Waals surface area contributed by atoms with E-state index in [2.05, 4.69) is 9.98 Å². The van der Waals surface area contributed by atoms with Crippen LogP contribution < -0.4 is 10.5 Å². The Hall–Kier alpha value is -2.39. The highest BCUT2D eigenvalue weighted by Gasteiger charge is 2.50. The van der Waals surface area contributed by atoms with E-state index in [1.807, 2.05) is 24.3 Å². The van der Waals surface area contributed by atoms with Crippen LogP contribution in [0, 0.1) is 5.82 Å². The van der Waals surface area contributed by atoms with Gasteiger partial charge < -0.3 is 15.5 Å². The smallest absolute Gasteiger partial charge is 0.165 e. The number of para-hydroxylation sites is 1. The first-order chi connectivity index (χ1) is 13.5. The van der Waals surface area contributed by atoms with Crippen LogP contribution in [0.3, 0.4) is 0 Å². The Morgan fingerprint density at radius 2 is 2.00 bits per heavy atom. The minimum absolute atomic E-state index is 0.00375. The molecular formula is C20H22FN3O3S2. The number of sulfone groups is 1. The summed E-state index contributed by atoms with van der Waals surface area (Å²) >= 11 is 1.18. The number of hydrogen-bond acceptors (Lipinski definition) is 6. The zero-order chi connectivity index (χ0) is 21.2. The summed E-state index contributed by atoms with van der Waals surface area (Å²) < 4.78 is 44.6. The number of aromatic amines is 1. The van der Waals surface area contributed by atoms with E-state index in [1.165, 1.54) is 31.3 Å². The molecule has 3 heterocycles. The molecule has 2 aromatic heterocycles. The maximum absolute atomic E-state index is 15.0. The van der Waals surface area contributed by atoms with Gasteiger partial charge in [0.1, 0.15) is 27.7 Å². The molecule has 4 rings (SSSR count). The summed E-state index contributed by atoms with van der Waals surface area (Å²) in [6, 6.07) is 8.97. The predicted molar refractivity (Wildman–Crippen MR) is 115 cm³/mol. The van der Waals surface area contributed by atoms with Crippen LogP contribution in [0.25, 0.3) is 21.5 Å². The number of amidine groups is 1. The molecule has 9 heteroatoms. The highest BCUT2D eigenvalue weighted by atomic mass is 32.2. The lowest BCUT2D eigenvalue weighted by Crippen LogP contribution is -2.54. The lowest BCUT2D eigenvalue weighted by Gasteiger charge is -2.37. The fraction of sp³-hybridized carbons (Fsp3) is 0.350. The topological polar surface area (TPSA) is 97.5 Å². The second kappa shape index (κ2) is 6.30. The fourth-order valence-electron chi connectivity index (χ4n) is 3.56. The van der Waals surface area contributed by atoms with Gasteiger partial charge >= 0.3 is 0 Å². The van der Waals surface area contributed by atoms with Gasteiger partial charge in [-0.3, -0.25) is 4.99 Å². The number of methoxy groups -OCH3 is 1. The van der Waals surface area contributed by atoms with Gasteiger partial charge in [-0.15, -0.1) is 11.3 Å². The van der Waals surface area contributed by atoms with Crippen LogP contribution in [0.1, 0.15) is 25.6 Å².